The van der Waals surface area contributed by atoms with E-state index in [0.717, 1.165) is 43.5 Å². The number of nitrogens with one attached hydrogen (secondary N) is 1. The molecular weight excluding hydrogens is 486 g/mol. The number of hydrogen-bond donors (Lipinski definition) is 2. The molecule has 4 heterocycles. The van der Waals surface area contributed by atoms with E-state index in [1.165, 1.54) is 4.90 Å². The van der Waals surface area contributed by atoms with Crippen molar-refractivity contribution in [3.05, 3.63) is 60.0 Å². The normalized spacial score (nSPS) is 17.3. The third-order valence-corrected chi connectivity index (χ3v) is 6.91. The molecular formula is C27H31N7O4. The number of anilines is 1. The molecule has 0 bridgehead atoms. The zero-order chi connectivity index (χ0) is 26.6. The Bertz CT molecular complexity index is 1350. The highest BCUT2D eigenvalue weighted by molar-refractivity contribution is 5.99. The van der Waals surface area contributed by atoms with E-state index in [-0.39, 0.29) is 29.2 Å². The number of carbonyl (C=O) groups excluding carboxylic acids is 3. The number of nitrogen functional groups attached to an aromatic ring is 1. The maximum absolute atomic E-state index is 13.0. The predicted octanol–water partition coefficient (Wildman–Crippen LogP) is 2.69. The van der Waals surface area contributed by atoms with E-state index in [0.29, 0.717) is 30.8 Å². The number of likely N-dealkylation sites (tertiary alicyclic amines) is 2. The summed E-state index contributed by atoms with van der Waals surface area (Å²) in [7, 11) is 1.81. The number of amides is 3. The molecule has 0 unspecified atom stereocenters. The Morgan fingerprint density at radius 2 is 1.84 bits per heavy atom. The third kappa shape index (κ3) is 5.61. The molecule has 0 saturated carbocycles. The van der Waals surface area contributed by atoms with Gasteiger partial charge in [0.25, 0.3) is 11.8 Å². The Hall–Kier alpha value is -4.41. The lowest BCUT2D eigenvalue weighted by Crippen LogP contribution is -2.39. The van der Waals surface area contributed by atoms with Gasteiger partial charge >= 0.3 is 6.09 Å². The largest absolute Gasteiger partial charge is 0.415 e. The smallest absolute Gasteiger partial charge is 0.410 e. The van der Waals surface area contributed by atoms with Crippen LogP contribution >= 0.6 is 0 Å². The summed E-state index contributed by atoms with van der Waals surface area (Å²) >= 11 is 0. The molecule has 0 aliphatic carbocycles. The molecule has 3 aromatic rings. The van der Waals surface area contributed by atoms with Gasteiger partial charge in [0.05, 0.1) is 11.8 Å². The first kappa shape index (κ1) is 25.2. The summed E-state index contributed by atoms with van der Waals surface area (Å²) in [4.78, 5) is 46.1. The second kappa shape index (κ2) is 10.9. The van der Waals surface area contributed by atoms with E-state index in [2.05, 4.69) is 15.4 Å². The van der Waals surface area contributed by atoms with Crippen molar-refractivity contribution >= 4 is 23.7 Å². The van der Waals surface area contributed by atoms with E-state index in [4.69, 9.17) is 10.5 Å². The van der Waals surface area contributed by atoms with Crippen LogP contribution in [0.4, 0.5) is 10.6 Å². The first-order chi connectivity index (χ1) is 18.4. The minimum Gasteiger partial charge on any atom is -0.410 e. The fourth-order valence-electron chi connectivity index (χ4n) is 4.83. The Kier molecular flexibility index (Phi) is 7.25. The van der Waals surface area contributed by atoms with Crippen molar-refractivity contribution in [1.29, 1.82) is 0 Å². The number of aryl methyl sites for hydroxylation is 1. The standard InChI is InChI=1S/C27H31N7O4/c1-32-16-20(15-30-32)19-13-23(24(28)29-14-19)25(35)31-21-8-11-34(17-21)27(37)38-22-7-5-6-18(12-22)26(36)33-9-3-2-4-10-33/h5-7,12-16,21H,2-4,8-11,17H2,1H3,(H2,28,29)(H,31,35)/t21-/m1/s1. The number of benzene rings is 1. The molecule has 11 heteroatoms. The van der Waals surface area contributed by atoms with Crippen molar-refractivity contribution < 1.29 is 19.1 Å². The minimum absolute atomic E-state index is 0.0482. The predicted molar refractivity (Wildman–Crippen MR) is 141 cm³/mol. The molecule has 0 radical (unpaired) electrons. The second-order valence-electron chi connectivity index (χ2n) is 9.71. The van der Waals surface area contributed by atoms with Crippen LogP contribution in [-0.2, 0) is 7.05 Å². The van der Waals surface area contributed by atoms with Crippen molar-refractivity contribution in [3.8, 4) is 16.9 Å². The van der Waals surface area contributed by atoms with Gasteiger partial charge in [0.1, 0.15) is 11.6 Å². The highest BCUT2D eigenvalue weighted by Crippen LogP contribution is 2.23. The number of nitrogens with two attached hydrogens (primary N) is 1. The summed E-state index contributed by atoms with van der Waals surface area (Å²) in [5, 5.41) is 7.10. The number of carbonyl (C=O) groups is 3. The highest BCUT2D eigenvalue weighted by atomic mass is 16.6. The van der Waals surface area contributed by atoms with Crippen molar-refractivity contribution in [2.75, 3.05) is 31.9 Å². The highest BCUT2D eigenvalue weighted by Gasteiger charge is 2.30. The molecule has 2 aliphatic heterocycles. The lowest BCUT2D eigenvalue weighted by atomic mass is 10.1. The Morgan fingerprint density at radius 1 is 1.03 bits per heavy atom. The fourth-order valence-corrected chi connectivity index (χ4v) is 4.83. The fraction of sp³-hybridized carbons (Fsp3) is 0.370. The zero-order valence-electron chi connectivity index (χ0n) is 21.3. The molecule has 198 valence electrons. The van der Waals surface area contributed by atoms with Gasteiger partial charge in [-0.25, -0.2) is 9.78 Å². The summed E-state index contributed by atoms with van der Waals surface area (Å²) in [5.74, 6) is 0.0394. The summed E-state index contributed by atoms with van der Waals surface area (Å²) < 4.78 is 7.23. The van der Waals surface area contributed by atoms with Gasteiger partial charge in [-0.1, -0.05) is 6.07 Å². The van der Waals surface area contributed by atoms with E-state index < -0.39 is 6.09 Å². The van der Waals surface area contributed by atoms with Crippen LogP contribution in [0.25, 0.3) is 11.1 Å². The average Bonchev–Trinajstić information content (AvgIpc) is 3.58. The first-order valence-corrected chi connectivity index (χ1v) is 12.8. The number of ether oxygens (including phenoxy) is 1. The van der Waals surface area contributed by atoms with Crippen LogP contribution in [0.2, 0.25) is 0 Å². The zero-order valence-corrected chi connectivity index (χ0v) is 21.3. The SMILES string of the molecule is Cn1cc(-c2cnc(N)c(C(=O)N[C@@H]3CCN(C(=O)Oc4cccc(C(=O)N5CCCCC5)c4)C3)c2)cn1. The van der Waals surface area contributed by atoms with Gasteiger partial charge in [-0.15, -0.1) is 0 Å². The van der Waals surface area contributed by atoms with Crippen LogP contribution in [0.1, 0.15) is 46.4 Å². The summed E-state index contributed by atoms with van der Waals surface area (Å²) in [5.41, 5.74) is 8.31. The van der Waals surface area contributed by atoms with Crippen LogP contribution in [0.3, 0.4) is 0 Å². The topological polar surface area (TPSA) is 136 Å². The maximum Gasteiger partial charge on any atom is 0.415 e. The van der Waals surface area contributed by atoms with Gasteiger partial charge in [0.2, 0.25) is 0 Å². The molecule has 2 aliphatic rings. The Morgan fingerprint density at radius 3 is 2.61 bits per heavy atom. The van der Waals surface area contributed by atoms with Crippen LogP contribution in [0, 0.1) is 0 Å². The van der Waals surface area contributed by atoms with Crippen LogP contribution < -0.4 is 15.8 Å². The number of piperidine rings is 1. The minimum atomic E-state index is -0.524. The monoisotopic (exact) mass is 517 g/mol. The van der Waals surface area contributed by atoms with E-state index in [1.54, 1.807) is 47.4 Å². The second-order valence-corrected chi connectivity index (χ2v) is 9.71. The molecule has 1 aromatic carbocycles. The van der Waals surface area contributed by atoms with Gasteiger partial charge in [-0.05, 0) is 49.9 Å². The molecule has 5 rings (SSSR count). The van der Waals surface area contributed by atoms with Crippen LogP contribution in [-0.4, -0.2) is 74.7 Å². The molecule has 2 saturated heterocycles. The lowest BCUT2D eigenvalue weighted by molar-refractivity contribution is 0.0723. The van der Waals surface area contributed by atoms with Crippen LogP contribution in [0.5, 0.6) is 5.75 Å². The van der Waals surface area contributed by atoms with Crippen molar-refractivity contribution in [1.82, 2.24) is 29.9 Å². The number of nitrogens with zero attached hydrogens (tertiary/aromatic N) is 5. The van der Waals surface area contributed by atoms with Gasteiger partial charge in [-0.2, -0.15) is 5.10 Å². The van der Waals surface area contributed by atoms with Gasteiger partial charge in [0.15, 0.2) is 0 Å². The van der Waals surface area contributed by atoms with Crippen molar-refractivity contribution in [3.63, 3.8) is 0 Å². The van der Waals surface area contributed by atoms with Crippen LogP contribution in [0.15, 0.2) is 48.9 Å². The van der Waals surface area contributed by atoms with E-state index in [1.807, 2.05) is 18.1 Å². The molecule has 1 atom stereocenters. The molecule has 3 amide bonds. The van der Waals surface area contributed by atoms with Crippen molar-refractivity contribution in [2.45, 2.75) is 31.7 Å². The lowest BCUT2D eigenvalue weighted by Gasteiger charge is -2.26. The molecule has 11 nitrogen and oxygen atoms in total. The number of pyridine rings is 1. The molecule has 2 aromatic heterocycles. The Balaban J connectivity index is 1.18. The van der Waals surface area contributed by atoms with Gasteiger partial charge < -0.3 is 25.6 Å². The molecule has 38 heavy (non-hydrogen) atoms. The number of aromatic nitrogens is 3. The molecule has 2 fully saturated rings. The Labute approximate surface area is 220 Å². The third-order valence-electron chi connectivity index (χ3n) is 6.91. The van der Waals surface area contributed by atoms with Gasteiger partial charge in [0, 0.05) is 68.4 Å². The number of hydrogen-bond acceptors (Lipinski definition) is 7. The van der Waals surface area contributed by atoms with E-state index in [9.17, 15) is 14.4 Å². The summed E-state index contributed by atoms with van der Waals surface area (Å²) in [6.45, 7) is 2.23. The number of rotatable bonds is 5. The summed E-state index contributed by atoms with van der Waals surface area (Å²) in [6, 6.07) is 8.14. The first-order valence-electron chi connectivity index (χ1n) is 12.8. The quantitative estimate of drug-likeness (QED) is 0.531. The average molecular weight is 518 g/mol. The van der Waals surface area contributed by atoms with E-state index >= 15 is 0 Å². The maximum atomic E-state index is 13.0. The summed E-state index contributed by atoms with van der Waals surface area (Å²) in [6.07, 6.45) is 8.32. The van der Waals surface area contributed by atoms with Gasteiger partial charge in [-0.3, -0.25) is 14.3 Å². The molecule has 3 N–H and O–H groups in total. The van der Waals surface area contributed by atoms with Crippen molar-refractivity contribution in [2.24, 2.45) is 7.05 Å². The molecule has 0 spiro atoms.